The number of rotatable bonds is 3. The Morgan fingerprint density at radius 2 is 2.38 bits per heavy atom. The highest BCUT2D eigenvalue weighted by molar-refractivity contribution is 9.10. The van der Waals surface area contributed by atoms with Crippen molar-refractivity contribution in [3.05, 3.63) is 28.5 Å². The number of piperidine rings is 1. The van der Waals surface area contributed by atoms with Crippen LogP contribution >= 0.6 is 15.9 Å². The van der Waals surface area contributed by atoms with E-state index in [-0.39, 0.29) is 5.82 Å². The summed E-state index contributed by atoms with van der Waals surface area (Å²) < 4.78 is 13.5. The maximum Gasteiger partial charge on any atom is 0.137 e. The zero-order valence-electron chi connectivity index (χ0n) is 9.10. The third-order valence-corrected chi connectivity index (χ3v) is 3.52. The summed E-state index contributed by atoms with van der Waals surface area (Å²) in [5.41, 5.74) is 0.971. The lowest BCUT2D eigenvalue weighted by atomic mass is 10.00. The minimum absolute atomic E-state index is 0.218. The molecule has 1 aliphatic heterocycles. The fourth-order valence-corrected chi connectivity index (χ4v) is 2.35. The summed E-state index contributed by atoms with van der Waals surface area (Å²) in [6.45, 7) is 3.17. The van der Waals surface area contributed by atoms with Gasteiger partial charge in [0.25, 0.3) is 0 Å². The van der Waals surface area contributed by atoms with Crippen LogP contribution in [0, 0.1) is 11.7 Å². The number of anilines is 1. The van der Waals surface area contributed by atoms with Crippen molar-refractivity contribution in [2.45, 2.75) is 12.8 Å². The van der Waals surface area contributed by atoms with Crippen LogP contribution in [-0.4, -0.2) is 19.6 Å². The van der Waals surface area contributed by atoms with Gasteiger partial charge >= 0.3 is 0 Å². The molecule has 1 atom stereocenters. The van der Waals surface area contributed by atoms with Gasteiger partial charge in [-0.05, 0) is 66.0 Å². The Morgan fingerprint density at radius 1 is 1.50 bits per heavy atom. The second-order valence-electron chi connectivity index (χ2n) is 4.22. The molecule has 1 aliphatic rings. The van der Waals surface area contributed by atoms with Gasteiger partial charge in [-0.25, -0.2) is 4.39 Å². The van der Waals surface area contributed by atoms with Crippen LogP contribution in [0.2, 0.25) is 0 Å². The number of halogens is 2. The summed E-state index contributed by atoms with van der Waals surface area (Å²) in [7, 11) is 0. The van der Waals surface area contributed by atoms with Crippen molar-refractivity contribution in [1.29, 1.82) is 0 Å². The molecule has 1 fully saturated rings. The second kappa shape index (κ2) is 5.64. The molecule has 1 saturated heterocycles. The Kier molecular flexibility index (Phi) is 4.18. The molecule has 0 saturated carbocycles. The third-order valence-electron chi connectivity index (χ3n) is 2.91. The zero-order valence-corrected chi connectivity index (χ0v) is 10.7. The molecule has 0 aromatic heterocycles. The van der Waals surface area contributed by atoms with Crippen LogP contribution in [0.3, 0.4) is 0 Å². The molecular weight excluding hydrogens is 271 g/mol. The fourth-order valence-electron chi connectivity index (χ4n) is 1.97. The van der Waals surface area contributed by atoms with E-state index in [9.17, 15) is 4.39 Å². The molecule has 1 unspecified atom stereocenters. The highest BCUT2D eigenvalue weighted by Gasteiger charge is 2.12. The summed E-state index contributed by atoms with van der Waals surface area (Å²) in [5, 5.41) is 6.73. The summed E-state index contributed by atoms with van der Waals surface area (Å²) in [6.07, 6.45) is 2.52. The normalized spacial score (nSPS) is 20.8. The van der Waals surface area contributed by atoms with Crippen molar-refractivity contribution in [1.82, 2.24) is 5.32 Å². The molecule has 0 radical (unpaired) electrons. The molecule has 0 amide bonds. The van der Waals surface area contributed by atoms with E-state index < -0.39 is 0 Å². The lowest BCUT2D eigenvalue weighted by molar-refractivity contribution is 0.393. The maximum atomic E-state index is 13.0. The van der Waals surface area contributed by atoms with Crippen LogP contribution in [0.4, 0.5) is 10.1 Å². The quantitative estimate of drug-likeness (QED) is 0.893. The molecule has 0 bridgehead atoms. The Bertz CT molecular complexity index is 351. The molecular formula is C12H16BrFN2. The van der Waals surface area contributed by atoms with Crippen LogP contribution in [0.25, 0.3) is 0 Å². The van der Waals surface area contributed by atoms with Crippen molar-refractivity contribution in [3.8, 4) is 0 Å². The predicted octanol–water partition coefficient (Wildman–Crippen LogP) is 3.00. The molecule has 2 N–H and O–H groups in total. The monoisotopic (exact) mass is 286 g/mol. The van der Waals surface area contributed by atoms with E-state index in [4.69, 9.17) is 0 Å². The zero-order chi connectivity index (χ0) is 11.4. The van der Waals surface area contributed by atoms with Crippen LogP contribution in [0.1, 0.15) is 12.8 Å². The van der Waals surface area contributed by atoms with E-state index in [1.807, 2.05) is 0 Å². The van der Waals surface area contributed by atoms with Gasteiger partial charge in [-0.15, -0.1) is 0 Å². The Hall–Kier alpha value is -0.610. The summed E-state index contributed by atoms with van der Waals surface area (Å²) in [4.78, 5) is 0. The van der Waals surface area contributed by atoms with Gasteiger partial charge in [0.05, 0.1) is 4.47 Å². The molecule has 88 valence electrons. The van der Waals surface area contributed by atoms with E-state index in [1.54, 1.807) is 12.1 Å². The van der Waals surface area contributed by atoms with Gasteiger partial charge in [0.2, 0.25) is 0 Å². The van der Waals surface area contributed by atoms with Crippen LogP contribution in [-0.2, 0) is 0 Å². The van der Waals surface area contributed by atoms with Gasteiger partial charge in [-0.2, -0.15) is 0 Å². The van der Waals surface area contributed by atoms with Gasteiger partial charge in [-0.1, -0.05) is 0 Å². The number of nitrogens with one attached hydrogen (secondary N) is 2. The minimum atomic E-state index is -0.218. The Morgan fingerprint density at radius 3 is 3.06 bits per heavy atom. The smallest absolute Gasteiger partial charge is 0.137 e. The van der Waals surface area contributed by atoms with E-state index in [0.717, 1.165) is 25.3 Å². The fraction of sp³-hybridized carbons (Fsp3) is 0.500. The minimum Gasteiger partial charge on any atom is -0.385 e. The average Bonchev–Trinajstić information content (AvgIpc) is 2.32. The van der Waals surface area contributed by atoms with Crippen molar-refractivity contribution in [3.63, 3.8) is 0 Å². The van der Waals surface area contributed by atoms with Crippen molar-refractivity contribution in [2.75, 3.05) is 25.0 Å². The molecule has 4 heteroatoms. The highest BCUT2D eigenvalue weighted by Crippen LogP contribution is 2.20. The summed E-state index contributed by atoms with van der Waals surface area (Å²) in [6, 6.07) is 5.04. The molecule has 2 nitrogen and oxygen atoms in total. The van der Waals surface area contributed by atoms with Crippen molar-refractivity contribution >= 4 is 21.6 Å². The largest absolute Gasteiger partial charge is 0.385 e. The predicted molar refractivity (Wildman–Crippen MR) is 68.2 cm³/mol. The van der Waals surface area contributed by atoms with Gasteiger partial charge in [-0.3, -0.25) is 0 Å². The summed E-state index contributed by atoms with van der Waals surface area (Å²) in [5.74, 6) is 0.461. The number of hydrogen-bond donors (Lipinski definition) is 2. The second-order valence-corrected chi connectivity index (χ2v) is 5.08. The molecule has 2 rings (SSSR count). The van der Waals surface area contributed by atoms with E-state index >= 15 is 0 Å². The van der Waals surface area contributed by atoms with E-state index in [1.165, 1.54) is 18.9 Å². The van der Waals surface area contributed by atoms with Crippen molar-refractivity contribution < 1.29 is 4.39 Å². The SMILES string of the molecule is Fc1ccc(NCC2CCCNC2)cc1Br. The molecule has 0 aliphatic carbocycles. The van der Waals surface area contributed by atoms with Gasteiger partial charge in [0, 0.05) is 12.2 Å². The highest BCUT2D eigenvalue weighted by atomic mass is 79.9. The first-order chi connectivity index (χ1) is 7.75. The molecule has 1 heterocycles. The standard InChI is InChI=1S/C12H16BrFN2/c13-11-6-10(3-4-12(11)14)16-8-9-2-1-5-15-7-9/h3-4,6,9,15-16H,1-2,5,7-8H2. The lowest BCUT2D eigenvalue weighted by Crippen LogP contribution is -2.33. The maximum absolute atomic E-state index is 13.0. The first-order valence-electron chi connectivity index (χ1n) is 5.65. The van der Waals surface area contributed by atoms with Gasteiger partial charge < -0.3 is 10.6 Å². The number of benzene rings is 1. The molecule has 0 spiro atoms. The van der Waals surface area contributed by atoms with Crippen LogP contribution in [0.15, 0.2) is 22.7 Å². The molecule has 16 heavy (non-hydrogen) atoms. The summed E-state index contributed by atoms with van der Waals surface area (Å²) >= 11 is 3.18. The van der Waals surface area contributed by atoms with Crippen molar-refractivity contribution in [2.24, 2.45) is 5.92 Å². The first kappa shape index (κ1) is 11.9. The molecule has 1 aromatic rings. The average molecular weight is 287 g/mol. The van der Waals surface area contributed by atoms with Gasteiger partial charge in [0.15, 0.2) is 0 Å². The van der Waals surface area contributed by atoms with E-state index in [0.29, 0.717) is 10.4 Å². The number of hydrogen-bond acceptors (Lipinski definition) is 2. The molecule has 1 aromatic carbocycles. The first-order valence-corrected chi connectivity index (χ1v) is 6.44. The lowest BCUT2D eigenvalue weighted by Gasteiger charge is -2.23. The van der Waals surface area contributed by atoms with E-state index in [2.05, 4.69) is 26.6 Å². The van der Waals surface area contributed by atoms with Gasteiger partial charge in [0.1, 0.15) is 5.82 Å². The Balaban J connectivity index is 1.86. The topological polar surface area (TPSA) is 24.1 Å². The Labute approximate surface area is 104 Å². The third kappa shape index (κ3) is 3.19. The van der Waals surface area contributed by atoms with Crippen LogP contribution in [0.5, 0.6) is 0 Å². The van der Waals surface area contributed by atoms with Crippen LogP contribution < -0.4 is 10.6 Å².